The highest BCUT2D eigenvalue weighted by molar-refractivity contribution is 5.77. The van der Waals surface area contributed by atoms with Gasteiger partial charge in [0.2, 0.25) is 5.89 Å². The molecule has 1 fully saturated rings. The van der Waals surface area contributed by atoms with Crippen LogP contribution in [0.2, 0.25) is 0 Å². The van der Waals surface area contributed by atoms with Crippen molar-refractivity contribution in [2.45, 2.75) is 85.7 Å². The largest absolute Gasteiger partial charge is 0.480 e. The maximum atomic E-state index is 13.6. The molecule has 1 saturated carbocycles. The van der Waals surface area contributed by atoms with Gasteiger partial charge in [0, 0.05) is 17.7 Å². The third-order valence-electron chi connectivity index (χ3n) is 7.23. The van der Waals surface area contributed by atoms with Gasteiger partial charge in [-0.2, -0.15) is 0 Å². The zero-order valence-corrected chi connectivity index (χ0v) is 22.7. The molecule has 8 nitrogen and oxygen atoms in total. The second-order valence-corrected chi connectivity index (χ2v) is 11.7. The molecule has 2 heterocycles. The molecule has 1 aliphatic rings. The number of carboxylic acid groups (broad SMARTS) is 1. The smallest absolute Gasteiger partial charge is 0.326 e. The first-order chi connectivity index (χ1) is 17.4. The third-order valence-corrected chi connectivity index (χ3v) is 7.23. The summed E-state index contributed by atoms with van der Waals surface area (Å²) >= 11 is 0. The minimum atomic E-state index is -1.04. The van der Waals surface area contributed by atoms with Crippen LogP contribution in [-0.2, 0) is 4.79 Å². The highest BCUT2D eigenvalue weighted by atomic mass is 16.4. The van der Waals surface area contributed by atoms with Crippen LogP contribution in [0.5, 0.6) is 0 Å². The van der Waals surface area contributed by atoms with Crippen molar-refractivity contribution in [1.82, 2.24) is 14.8 Å². The average molecular weight is 507 g/mol. The van der Waals surface area contributed by atoms with Crippen LogP contribution in [0.4, 0.5) is 6.01 Å². The molecule has 4 rings (SSSR count). The van der Waals surface area contributed by atoms with E-state index in [0.29, 0.717) is 29.3 Å². The number of aliphatic carboxylic acids is 1. The molecule has 1 aliphatic carbocycles. The molecule has 2 aromatic heterocycles. The molecule has 1 unspecified atom stereocenters. The van der Waals surface area contributed by atoms with Crippen molar-refractivity contribution in [1.29, 1.82) is 0 Å². The number of rotatable bonds is 7. The Morgan fingerprint density at radius 3 is 2.38 bits per heavy atom. The highest BCUT2D eigenvalue weighted by Gasteiger charge is 2.31. The quantitative estimate of drug-likeness (QED) is 0.390. The summed E-state index contributed by atoms with van der Waals surface area (Å²) in [5, 5.41) is 22.0. The van der Waals surface area contributed by atoms with E-state index >= 15 is 0 Å². The van der Waals surface area contributed by atoms with Crippen LogP contribution < -0.4 is 10.9 Å². The fourth-order valence-corrected chi connectivity index (χ4v) is 5.16. The number of nitrogens with one attached hydrogen (secondary N) is 1. The number of aromatic nitrogens is 3. The first-order valence-corrected chi connectivity index (χ1v) is 13.1. The molecule has 2 N–H and O–H groups in total. The lowest BCUT2D eigenvalue weighted by Gasteiger charge is -2.28. The van der Waals surface area contributed by atoms with Crippen molar-refractivity contribution in [2.24, 2.45) is 11.3 Å². The second-order valence-electron chi connectivity index (χ2n) is 11.7. The molecule has 198 valence electrons. The normalized spacial score (nSPS) is 19.0. The molecule has 3 aromatic rings. The molecule has 0 aliphatic heterocycles. The van der Waals surface area contributed by atoms with Gasteiger partial charge in [-0.05, 0) is 68.4 Å². The number of hydrogen-bond acceptors (Lipinski definition) is 6. The van der Waals surface area contributed by atoms with Crippen molar-refractivity contribution in [3.05, 3.63) is 51.8 Å². The lowest BCUT2D eigenvalue weighted by molar-refractivity contribution is -0.141. The van der Waals surface area contributed by atoms with Crippen LogP contribution in [0.25, 0.3) is 22.7 Å². The maximum absolute atomic E-state index is 13.6. The van der Waals surface area contributed by atoms with Crippen LogP contribution in [0.1, 0.15) is 77.0 Å². The Kier molecular flexibility index (Phi) is 7.57. The van der Waals surface area contributed by atoms with Crippen molar-refractivity contribution >= 4 is 12.0 Å². The number of anilines is 1. The summed E-state index contributed by atoms with van der Waals surface area (Å²) in [7, 11) is 0. The minimum Gasteiger partial charge on any atom is -0.480 e. The lowest BCUT2D eigenvalue weighted by Crippen LogP contribution is -2.34. The minimum absolute atomic E-state index is 0.240. The average Bonchev–Trinajstić information content (AvgIpc) is 3.28. The molecule has 0 spiro atoms. The molecule has 37 heavy (non-hydrogen) atoms. The summed E-state index contributed by atoms with van der Waals surface area (Å²) in [5.41, 5.74) is 2.88. The first kappa shape index (κ1) is 26.6. The Bertz CT molecular complexity index is 1310. The van der Waals surface area contributed by atoms with Crippen LogP contribution in [0.15, 0.2) is 39.5 Å². The molecule has 1 aromatic carbocycles. The standard InChI is InChI=1S/C29H38N4O4/c1-17-7-11-20(12-8-17)25-19(3)22(15-24(34)33(25)23(27(35)36)16-29(4,5)6)26-31-32-28(37-26)30-21-13-9-18(2)10-14-21/h7-8,11-12,15,18,21,23H,9-10,13-14,16H2,1-6H3,(H,30,32)(H,35,36). The van der Waals surface area contributed by atoms with Crippen molar-refractivity contribution in [2.75, 3.05) is 5.32 Å². The van der Waals surface area contributed by atoms with Gasteiger partial charge in [-0.15, -0.1) is 5.10 Å². The first-order valence-electron chi connectivity index (χ1n) is 13.1. The number of aryl methyl sites for hydroxylation is 1. The zero-order valence-electron chi connectivity index (χ0n) is 22.7. The molecule has 8 heteroatoms. The molecule has 1 atom stereocenters. The summed E-state index contributed by atoms with van der Waals surface area (Å²) < 4.78 is 7.39. The van der Waals surface area contributed by atoms with Gasteiger partial charge in [0.1, 0.15) is 6.04 Å². The van der Waals surface area contributed by atoms with Gasteiger partial charge in [-0.25, -0.2) is 4.79 Å². The van der Waals surface area contributed by atoms with Crippen LogP contribution in [-0.4, -0.2) is 31.9 Å². The molecular weight excluding hydrogens is 468 g/mol. The zero-order chi connectivity index (χ0) is 26.9. The molecular formula is C29H38N4O4. The Morgan fingerprint density at radius 1 is 1.14 bits per heavy atom. The summed E-state index contributed by atoms with van der Waals surface area (Å²) in [6, 6.07) is 8.76. The summed E-state index contributed by atoms with van der Waals surface area (Å²) in [5.74, 6) is -0.0633. The fourth-order valence-electron chi connectivity index (χ4n) is 5.16. The van der Waals surface area contributed by atoms with Gasteiger partial charge >= 0.3 is 12.0 Å². The molecule has 0 bridgehead atoms. The summed E-state index contributed by atoms with van der Waals surface area (Å²) in [6.45, 7) is 12.0. The number of carbonyl (C=O) groups is 1. The Labute approximate surface area is 218 Å². The van der Waals surface area contributed by atoms with E-state index in [9.17, 15) is 14.7 Å². The van der Waals surface area contributed by atoms with Crippen molar-refractivity contribution in [3.8, 4) is 22.7 Å². The summed E-state index contributed by atoms with van der Waals surface area (Å²) in [4.78, 5) is 26.0. The number of carboxylic acids is 1. The van der Waals surface area contributed by atoms with Gasteiger partial charge in [-0.1, -0.05) is 62.6 Å². The number of pyridine rings is 1. The van der Waals surface area contributed by atoms with Crippen LogP contribution in [0.3, 0.4) is 0 Å². The van der Waals surface area contributed by atoms with E-state index < -0.39 is 17.6 Å². The van der Waals surface area contributed by atoms with Crippen molar-refractivity contribution < 1.29 is 14.3 Å². The van der Waals surface area contributed by atoms with Crippen LogP contribution in [0, 0.1) is 25.2 Å². The van der Waals surface area contributed by atoms with Gasteiger partial charge in [0.05, 0.1) is 5.69 Å². The topological polar surface area (TPSA) is 110 Å². The van der Waals surface area contributed by atoms with E-state index in [0.717, 1.165) is 42.7 Å². The Morgan fingerprint density at radius 2 is 1.78 bits per heavy atom. The maximum Gasteiger partial charge on any atom is 0.326 e. The predicted octanol–water partition coefficient (Wildman–Crippen LogP) is 6.23. The number of nitrogens with zero attached hydrogens (tertiary/aromatic N) is 3. The highest BCUT2D eigenvalue weighted by Crippen LogP contribution is 2.36. The van der Waals surface area contributed by atoms with E-state index in [2.05, 4.69) is 22.4 Å². The Hall–Kier alpha value is -3.42. The van der Waals surface area contributed by atoms with E-state index in [4.69, 9.17) is 4.42 Å². The number of hydrogen-bond donors (Lipinski definition) is 2. The monoisotopic (exact) mass is 506 g/mol. The second kappa shape index (κ2) is 10.5. The van der Waals surface area contributed by atoms with E-state index in [1.165, 1.54) is 10.6 Å². The van der Waals surface area contributed by atoms with Crippen LogP contribution >= 0.6 is 0 Å². The predicted molar refractivity (Wildman–Crippen MR) is 145 cm³/mol. The molecule has 0 amide bonds. The van der Waals surface area contributed by atoms with Gasteiger partial charge < -0.3 is 14.8 Å². The van der Waals surface area contributed by atoms with Gasteiger partial charge in [0.25, 0.3) is 5.56 Å². The molecule has 0 saturated heterocycles. The number of benzene rings is 1. The van der Waals surface area contributed by atoms with E-state index in [-0.39, 0.29) is 17.3 Å². The SMILES string of the molecule is Cc1ccc(-c2c(C)c(-c3nnc(NC4CCC(C)CC4)o3)cc(=O)n2C(CC(C)(C)C)C(=O)O)cc1. The van der Waals surface area contributed by atoms with Gasteiger partial charge in [0.15, 0.2) is 0 Å². The third kappa shape index (κ3) is 6.12. The molecule has 0 radical (unpaired) electrons. The fraction of sp³-hybridized carbons (Fsp3) is 0.517. The van der Waals surface area contributed by atoms with Gasteiger partial charge in [-0.3, -0.25) is 9.36 Å². The van der Waals surface area contributed by atoms with E-state index in [1.807, 2.05) is 58.9 Å². The Balaban J connectivity index is 1.80. The summed E-state index contributed by atoms with van der Waals surface area (Å²) in [6.07, 6.45) is 4.73. The lowest BCUT2D eigenvalue weighted by atomic mass is 9.87. The van der Waals surface area contributed by atoms with E-state index in [1.54, 1.807) is 0 Å². The van der Waals surface area contributed by atoms with Crippen molar-refractivity contribution in [3.63, 3.8) is 0 Å².